The molecule has 1 unspecified atom stereocenters. The second-order valence-electron chi connectivity index (χ2n) is 8.48. The lowest BCUT2D eigenvalue weighted by atomic mass is 10.0. The molecule has 1 aromatic rings. The fraction of sp³-hybridized carbons (Fsp3) is 0.545. The maximum absolute atomic E-state index is 12.4. The quantitative estimate of drug-likeness (QED) is 0.812. The van der Waals surface area contributed by atoms with Crippen molar-refractivity contribution in [3.63, 3.8) is 0 Å². The molecule has 0 aliphatic carbocycles. The minimum absolute atomic E-state index is 0.0300. The summed E-state index contributed by atoms with van der Waals surface area (Å²) >= 11 is 0. The normalized spacial score (nSPS) is 20.8. The van der Waals surface area contributed by atoms with Gasteiger partial charge < -0.3 is 19.9 Å². The van der Waals surface area contributed by atoms with Crippen LogP contribution in [0.5, 0.6) is 0 Å². The average Bonchev–Trinajstić information content (AvgIpc) is 3.02. The number of amides is 2. The maximum atomic E-state index is 12.4. The third kappa shape index (κ3) is 4.78. The molecule has 0 saturated carbocycles. The smallest absolute Gasteiger partial charge is 0.410 e. The molecule has 28 heavy (non-hydrogen) atoms. The van der Waals surface area contributed by atoms with Gasteiger partial charge in [-0.15, -0.1) is 12.3 Å². The van der Waals surface area contributed by atoms with Crippen molar-refractivity contribution in [3.05, 3.63) is 24.3 Å². The van der Waals surface area contributed by atoms with Gasteiger partial charge in [0.15, 0.2) is 0 Å². The van der Waals surface area contributed by atoms with E-state index in [0.29, 0.717) is 26.1 Å². The summed E-state index contributed by atoms with van der Waals surface area (Å²) in [6.07, 6.45) is 7.31. The van der Waals surface area contributed by atoms with E-state index in [4.69, 9.17) is 11.2 Å². The predicted octanol–water partition coefficient (Wildman–Crippen LogP) is 3.48. The van der Waals surface area contributed by atoms with Crippen LogP contribution in [0, 0.1) is 18.3 Å². The molecule has 3 rings (SSSR count). The summed E-state index contributed by atoms with van der Waals surface area (Å²) in [7, 11) is 0. The van der Waals surface area contributed by atoms with E-state index in [9.17, 15) is 9.59 Å². The lowest BCUT2D eigenvalue weighted by molar-refractivity contribution is -0.117. The van der Waals surface area contributed by atoms with Gasteiger partial charge in [0.2, 0.25) is 5.91 Å². The second kappa shape index (κ2) is 8.14. The highest BCUT2D eigenvalue weighted by molar-refractivity contribution is 5.99. The first kappa shape index (κ1) is 20.1. The molecular weight excluding hydrogens is 354 g/mol. The van der Waals surface area contributed by atoms with Crippen molar-refractivity contribution in [3.8, 4) is 12.3 Å². The molecule has 2 aliphatic heterocycles. The van der Waals surface area contributed by atoms with E-state index in [2.05, 4.69) is 11.2 Å². The Morgan fingerprint density at radius 1 is 1.25 bits per heavy atom. The third-order valence-electron chi connectivity index (χ3n) is 5.06. The number of anilines is 2. The Balaban J connectivity index is 1.61. The summed E-state index contributed by atoms with van der Waals surface area (Å²) < 4.78 is 5.46. The number of hydrogen-bond donors (Lipinski definition) is 1. The highest BCUT2D eigenvalue weighted by Crippen LogP contribution is 2.32. The van der Waals surface area contributed by atoms with E-state index in [-0.39, 0.29) is 24.0 Å². The molecular formula is C22H29N3O3. The first-order chi connectivity index (χ1) is 13.3. The third-order valence-corrected chi connectivity index (χ3v) is 5.06. The molecule has 0 radical (unpaired) electrons. The Hall–Kier alpha value is -2.68. The Labute approximate surface area is 167 Å². The van der Waals surface area contributed by atoms with Crippen molar-refractivity contribution in [1.29, 1.82) is 0 Å². The molecule has 150 valence electrons. The number of carbonyl (C=O) groups is 2. The molecule has 0 spiro atoms. The summed E-state index contributed by atoms with van der Waals surface area (Å²) in [6.45, 7) is 7.49. The molecule has 0 bridgehead atoms. The zero-order chi connectivity index (χ0) is 20.3. The summed E-state index contributed by atoms with van der Waals surface area (Å²) in [4.78, 5) is 28.1. The first-order valence-electron chi connectivity index (χ1n) is 9.87. The Morgan fingerprint density at radius 3 is 2.54 bits per heavy atom. The van der Waals surface area contributed by atoms with Crippen LogP contribution in [0.2, 0.25) is 0 Å². The fourth-order valence-corrected chi connectivity index (χ4v) is 3.64. The summed E-state index contributed by atoms with van der Waals surface area (Å²) in [5.41, 5.74) is 1.33. The Bertz CT molecular complexity index is 770. The van der Waals surface area contributed by atoms with Crippen LogP contribution in [0.15, 0.2) is 24.3 Å². The molecule has 6 heteroatoms. The zero-order valence-corrected chi connectivity index (χ0v) is 16.9. The number of benzene rings is 1. The van der Waals surface area contributed by atoms with Gasteiger partial charge in [0, 0.05) is 38.0 Å². The van der Waals surface area contributed by atoms with Gasteiger partial charge in [0.25, 0.3) is 0 Å². The van der Waals surface area contributed by atoms with Gasteiger partial charge in [-0.1, -0.05) is 12.1 Å². The van der Waals surface area contributed by atoms with Crippen molar-refractivity contribution in [2.45, 2.75) is 51.7 Å². The predicted molar refractivity (Wildman–Crippen MR) is 110 cm³/mol. The highest BCUT2D eigenvalue weighted by atomic mass is 16.6. The number of likely N-dealkylation sites (tertiary alicyclic amines) is 1. The first-order valence-corrected chi connectivity index (χ1v) is 9.87. The molecule has 2 heterocycles. The fourth-order valence-electron chi connectivity index (χ4n) is 3.64. The van der Waals surface area contributed by atoms with E-state index in [0.717, 1.165) is 24.2 Å². The molecule has 2 fully saturated rings. The summed E-state index contributed by atoms with van der Waals surface area (Å²) in [5.74, 6) is 2.73. The SMILES string of the molecule is C#CC1CC(=O)N(c2ccccc2NC2CCN(C(=O)OC(C)(C)C)CC2)C1. The van der Waals surface area contributed by atoms with E-state index in [1.807, 2.05) is 45.0 Å². The van der Waals surface area contributed by atoms with Crippen molar-refractivity contribution in [2.24, 2.45) is 5.92 Å². The van der Waals surface area contributed by atoms with Gasteiger partial charge >= 0.3 is 6.09 Å². The van der Waals surface area contributed by atoms with Crippen molar-refractivity contribution in [2.75, 3.05) is 29.9 Å². The molecule has 6 nitrogen and oxygen atoms in total. The van der Waals surface area contributed by atoms with Crippen molar-refractivity contribution < 1.29 is 14.3 Å². The average molecular weight is 383 g/mol. The van der Waals surface area contributed by atoms with Crippen molar-refractivity contribution >= 4 is 23.4 Å². The minimum atomic E-state index is -0.483. The topological polar surface area (TPSA) is 61.9 Å². The second-order valence-corrected chi connectivity index (χ2v) is 8.48. The van der Waals surface area contributed by atoms with Crippen molar-refractivity contribution in [1.82, 2.24) is 4.90 Å². The van der Waals surface area contributed by atoms with Crippen LogP contribution in [-0.2, 0) is 9.53 Å². The van der Waals surface area contributed by atoms with Crippen LogP contribution in [0.1, 0.15) is 40.0 Å². The molecule has 1 atom stereocenters. The molecule has 1 N–H and O–H groups in total. The lowest BCUT2D eigenvalue weighted by Gasteiger charge is -2.34. The Kier molecular flexibility index (Phi) is 5.83. The van der Waals surface area contributed by atoms with Crippen LogP contribution in [-0.4, -0.2) is 48.2 Å². The van der Waals surface area contributed by atoms with Gasteiger partial charge in [-0.25, -0.2) is 4.79 Å². The van der Waals surface area contributed by atoms with E-state index in [1.54, 1.807) is 9.80 Å². The van der Waals surface area contributed by atoms with Crippen LogP contribution in [0.3, 0.4) is 0 Å². The molecule has 1 aromatic carbocycles. The van der Waals surface area contributed by atoms with Crippen LogP contribution in [0.4, 0.5) is 16.2 Å². The number of carbonyl (C=O) groups excluding carboxylic acids is 2. The van der Waals surface area contributed by atoms with Crippen LogP contribution >= 0.6 is 0 Å². The van der Waals surface area contributed by atoms with Gasteiger partial charge in [0.1, 0.15) is 5.60 Å². The number of para-hydroxylation sites is 2. The number of nitrogens with one attached hydrogen (secondary N) is 1. The lowest BCUT2D eigenvalue weighted by Crippen LogP contribution is -2.44. The van der Waals surface area contributed by atoms with E-state index < -0.39 is 5.60 Å². The monoisotopic (exact) mass is 383 g/mol. The molecule has 2 saturated heterocycles. The number of hydrogen-bond acceptors (Lipinski definition) is 4. The Morgan fingerprint density at radius 2 is 1.93 bits per heavy atom. The van der Waals surface area contributed by atoms with E-state index >= 15 is 0 Å². The standard InChI is InChI=1S/C22H29N3O3/c1-5-16-14-20(26)25(15-16)19-9-7-6-8-18(19)23-17-10-12-24(13-11-17)21(27)28-22(2,3)4/h1,6-9,16-17,23H,10-15H2,2-4H3. The number of ether oxygens (including phenoxy) is 1. The number of rotatable bonds is 3. The number of piperidine rings is 1. The van der Waals surface area contributed by atoms with Gasteiger partial charge in [-0.05, 0) is 45.7 Å². The maximum Gasteiger partial charge on any atom is 0.410 e. The van der Waals surface area contributed by atoms with Gasteiger partial charge in [-0.3, -0.25) is 4.79 Å². The van der Waals surface area contributed by atoms with Gasteiger partial charge in [0.05, 0.1) is 11.4 Å². The summed E-state index contributed by atoms with van der Waals surface area (Å²) in [5, 5.41) is 3.56. The van der Waals surface area contributed by atoms with Crippen LogP contribution in [0.25, 0.3) is 0 Å². The summed E-state index contributed by atoms with van der Waals surface area (Å²) in [6, 6.07) is 8.07. The van der Waals surface area contributed by atoms with E-state index in [1.165, 1.54) is 0 Å². The van der Waals surface area contributed by atoms with Crippen LogP contribution < -0.4 is 10.2 Å². The zero-order valence-electron chi connectivity index (χ0n) is 16.9. The molecule has 2 aliphatic rings. The largest absolute Gasteiger partial charge is 0.444 e. The molecule has 2 amide bonds. The number of nitrogens with zero attached hydrogens (tertiary/aromatic N) is 2. The highest BCUT2D eigenvalue weighted by Gasteiger charge is 2.31. The minimum Gasteiger partial charge on any atom is -0.444 e. The number of terminal acetylenes is 1. The molecule has 0 aromatic heterocycles. The van der Waals surface area contributed by atoms with Gasteiger partial charge in [-0.2, -0.15) is 0 Å².